The van der Waals surface area contributed by atoms with Gasteiger partial charge in [0.2, 0.25) is 0 Å². The summed E-state index contributed by atoms with van der Waals surface area (Å²) in [5, 5.41) is 16.1. The van der Waals surface area contributed by atoms with Gasteiger partial charge in [-0.2, -0.15) is 0 Å². The molecule has 1 aliphatic rings. The van der Waals surface area contributed by atoms with Crippen molar-refractivity contribution in [2.75, 3.05) is 18.4 Å². The third-order valence-corrected chi connectivity index (χ3v) is 4.64. The molecule has 1 heterocycles. The molecule has 28 heavy (non-hydrogen) atoms. The van der Waals surface area contributed by atoms with Gasteiger partial charge in [0.1, 0.15) is 0 Å². The molecule has 2 aromatic rings. The number of carbonyl (C=O) groups is 3. The van der Waals surface area contributed by atoms with Crippen LogP contribution in [0, 0.1) is 10.1 Å². The zero-order valence-corrected chi connectivity index (χ0v) is 16.1. The van der Waals surface area contributed by atoms with E-state index in [9.17, 15) is 24.5 Å². The molecule has 1 aliphatic heterocycles. The van der Waals surface area contributed by atoms with E-state index in [1.807, 2.05) is 0 Å². The van der Waals surface area contributed by atoms with Gasteiger partial charge in [0, 0.05) is 35.4 Å². The molecule has 2 N–H and O–H groups in total. The second-order valence-corrected chi connectivity index (χ2v) is 6.91. The second kappa shape index (κ2) is 8.17. The number of amides is 4. The minimum atomic E-state index is -0.616. The molecular formula is C18H15BrN4O5. The summed E-state index contributed by atoms with van der Waals surface area (Å²) in [4.78, 5) is 47.8. The molecule has 0 saturated heterocycles. The Morgan fingerprint density at radius 2 is 1.75 bits per heavy atom. The summed E-state index contributed by atoms with van der Waals surface area (Å²) in [6.07, 6.45) is 0.349. The quantitative estimate of drug-likeness (QED) is 0.305. The molecule has 0 unspecified atom stereocenters. The van der Waals surface area contributed by atoms with Gasteiger partial charge in [-0.05, 0) is 36.8 Å². The van der Waals surface area contributed by atoms with Crippen LogP contribution in [0.15, 0.2) is 46.9 Å². The minimum absolute atomic E-state index is 0.0279. The Balaban J connectivity index is 1.50. The van der Waals surface area contributed by atoms with Crippen LogP contribution in [-0.2, 0) is 0 Å². The van der Waals surface area contributed by atoms with Crippen LogP contribution in [0.3, 0.4) is 0 Å². The van der Waals surface area contributed by atoms with Crippen LogP contribution in [0.5, 0.6) is 0 Å². The number of benzene rings is 2. The van der Waals surface area contributed by atoms with Crippen LogP contribution < -0.4 is 10.6 Å². The lowest BCUT2D eigenvalue weighted by Crippen LogP contribution is -2.35. The van der Waals surface area contributed by atoms with Gasteiger partial charge in [-0.25, -0.2) is 4.79 Å². The van der Waals surface area contributed by atoms with Crippen LogP contribution in [-0.4, -0.2) is 40.8 Å². The van der Waals surface area contributed by atoms with Crippen LogP contribution in [0.25, 0.3) is 0 Å². The predicted octanol–water partition coefficient (Wildman–Crippen LogP) is 3.17. The van der Waals surface area contributed by atoms with Crippen molar-refractivity contribution in [1.29, 1.82) is 0 Å². The fraction of sp³-hybridized carbons (Fsp3) is 0.167. The first-order valence-electron chi connectivity index (χ1n) is 8.32. The van der Waals surface area contributed by atoms with Crippen molar-refractivity contribution >= 4 is 45.2 Å². The van der Waals surface area contributed by atoms with Gasteiger partial charge in [0.05, 0.1) is 16.1 Å². The number of nitro groups is 1. The molecule has 144 valence electrons. The molecule has 10 heteroatoms. The molecule has 2 aromatic carbocycles. The molecule has 9 nitrogen and oxygen atoms in total. The van der Waals surface area contributed by atoms with Gasteiger partial charge in [-0.1, -0.05) is 15.9 Å². The summed E-state index contributed by atoms with van der Waals surface area (Å²) < 4.78 is 0.893. The van der Waals surface area contributed by atoms with E-state index in [1.54, 1.807) is 24.3 Å². The lowest BCUT2D eigenvalue weighted by atomic mass is 10.1. The Labute approximate surface area is 168 Å². The number of hydrogen-bond acceptors (Lipinski definition) is 5. The molecule has 0 bridgehead atoms. The zero-order valence-electron chi connectivity index (χ0n) is 14.5. The Hall–Kier alpha value is -3.27. The number of imide groups is 1. The van der Waals surface area contributed by atoms with Gasteiger partial charge in [0.15, 0.2) is 0 Å². The fourth-order valence-electron chi connectivity index (χ4n) is 2.74. The van der Waals surface area contributed by atoms with E-state index in [0.717, 1.165) is 15.4 Å². The van der Waals surface area contributed by atoms with Crippen molar-refractivity contribution in [2.24, 2.45) is 0 Å². The first-order valence-corrected chi connectivity index (χ1v) is 9.11. The number of urea groups is 1. The molecule has 3 rings (SSSR count). The van der Waals surface area contributed by atoms with E-state index in [2.05, 4.69) is 26.6 Å². The molecule has 0 atom stereocenters. The number of nitrogens with zero attached hydrogens (tertiary/aromatic N) is 2. The average Bonchev–Trinajstić information content (AvgIpc) is 2.91. The number of fused-ring (bicyclic) bond motifs is 1. The number of anilines is 1. The SMILES string of the molecule is O=C(NCCCN1C(=O)c2ccc([N+](=O)[O-])cc2C1=O)Nc1ccc(Br)cc1. The summed E-state index contributed by atoms with van der Waals surface area (Å²) in [7, 11) is 0. The van der Waals surface area contributed by atoms with E-state index in [4.69, 9.17) is 0 Å². The molecule has 4 amide bonds. The number of rotatable bonds is 6. The normalized spacial score (nSPS) is 12.7. The average molecular weight is 447 g/mol. The number of non-ortho nitro benzene ring substituents is 1. The maximum atomic E-state index is 12.4. The minimum Gasteiger partial charge on any atom is -0.338 e. The number of nitro benzene ring substituents is 1. The van der Waals surface area contributed by atoms with E-state index in [1.165, 1.54) is 12.1 Å². The zero-order chi connectivity index (χ0) is 20.3. The molecule has 0 aromatic heterocycles. The van der Waals surface area contributed by atoms with Crippen molar-refractivity contribution in [3.05, 3.63) is 68.2 Å². The first kappa shape index (κ1) is 19.5. The van der Waals surface area contributed by atoms with Crippen LogP contribution in [0.1, 0.15) is 27.1 Å². The molecule has 0 radical (unpaired) electrons. The Morgan fingerprint density at radius 3 is 2.43 bits per heavy atom. The highest BCUT2D eigenvalue weighted by molar-refractivity contribution is 9.10. The highest BCUT2D eigenvalue weighted by atomic mass is 79.9. The molecule has 0 fully saturated rings. The van der Waals surface area contributed by atoms with E-state index in [0.29, 0.717) is 12.1 Å². The summed E-state index contributed by atoms with van der Waals surface area (Å²) in [6, 6.07) is 10.3. The van der Waals surface area contributed by atoms with Gasteiger partial charge >= 0.3 is 6.03 Å². The van der Waals surface area contributed by atoms with Crippen molar-refractivity contribution in [1.82, 2.24) is 10.2 Å². The van der Waals surface area contributed by atoms with Crippen molar-refractivity contribution in [3.63, 3.8) is 0 Å². The number of hydrogen-bond donors (Lipinski definition) is 2. The third kappa shape index (κ3) is 4.17. The van der Waals surface area contributed by atoms with E-state index < -0.39 is 22.8 Å². The number of nitrogens with one attached hydrogen (secondary N) is 2. The van der Waals surface area contributed by atoms with Gasteiger partial charge in [-0.15, -0.1) is 0 Å². The maximum Gasteiger partial charge on any atom is 0.319 e. The third-order valence-electron chi connectivity index (χ3n) is 4.11. The smallest absolute Gasteiger partial charge is 0.319 e. The highest BCUT2D eigenvalue weighted by Gasteiger charge is 2.36. The Morgan fingerprint density at radius 1 is 1.07 bits per heavy atom. The van der Waals surface area contributed by atoms with Crippen molar-refractivity contribution in [2.45, 2.75) is 6.42 Å². The van der Waals surface area contributed by atoms with Crippen LogP contribution in [0.4, 0.5) is 16.2 Å². The van der Waals surface area contributed by atoms with Gasteiger partial charge in [0.25, 0.3) is 17.5 Å². The Bertz CT molecular complexity index is 961. The summed E-state index contributed by atoms with van der Waals surface area (Å²) in [5.41, 5.74) is 0.562. The standard InChI is InChI=1S/C18H15BrN4O5/c19-11-2-4-12(5-3-11)21-18(26)20-8-1-9-22-16(24)14-7-6-13(23(27)28)10-15(14)17(22)25/h2-7,10H,1,8-9H2,(H2,20,21,26). The predicted molar refractivity (Wildman–Crippen MR) is 104 cm³/mol. The topological polar surface area (TPSA) is 122 Å². The summed E-state index contributed by atoms with van der Waals surface area (Å²) >= 11 is 3.31. The Kier molecular flexibility index (Phi) is 5.69. The van der Waals surface area contributed by atoms with Gasteiger partial charge in [-0.3, -0.25) is 24.6 Å². The number of carbonyl (C=O) groups excluding carboxylic acids is 3. The highest BCUT2D eigenvalue weighted by Crippen LogP contribution is 2.26. The fourth-order valence-corrected chi connectivity index (χ4v) is 3.01. The molecule has 0 spiro atoms. The molecule has 0 saturated carbocycles. The lowest BCUT2D eigenvalue weighted by molar-refractivity contribution is -0.384. The van der Waals surface area contributed by atoms with Gasteiger partial charge < -0.3 is 10.6 Å². The van der Waals surface area contributed by atoms with E-state index in [-0.39, 0.29) is 29.9 Å². The van der Waals surface area contributed by atoms with Crippen LogP contribution in [0.2, 0.25) is 0 Å². The number of halogens is 1. The molecule has 0 aliphatic carbocycles. The van der Waals surface area contributed by atoms with Crippen LogP contribution >= 0.6 is 15.9 Å². The first-order chi connectivity index (χ1) is 13.4. The molecular weight excluding hydrogens is 432 g/mol. The summed E-state index contributed by atoms with van der Waals surface area (Å²) in [5.74, 6) is -1.06. The largest absolute Gasteiger partial charge is 0.338 e. The summed E-state index contributed by atoms with van der Waals surface area (Å²) in [6.45, 7) is 0.342. The monoisotopic (exact) mass is 446 g/mol. The van der Waals surface area contributed by atoms with Crippen molar-refractivity contribution in [3.8, 4) is 0 Å². The second-order valence-electron chi connectivity index (χ2n) is 5.99. The maximum absolute atomic E-state index is 12.4. The lowest BCUT2D eigenvalue weighted by Gasteiger charge is -2.14. The van der Waals surface area contributed by atoms with Crippen molar-refractivity contribution < 1.29 is 19.3 Å². The van der Waals surface area contributed by atoms with E-state index >= 15 is 0 Å².